The number of amides is 1. The maximum Gasteiger partial charge on any atom is 0.225 e. The van der Waals surface area contributed by atoms with Crippen LogP contribution in [0.2, 0.25) is 0 Å². The van der Waals surface area contributed by atoms with Crippen LogP contribution in [-0.4, -0.2) is 22.9 Å². The lowest BCUT2D eigenvalue weighted by atomic mass is 9.90. The Kier molecular flexibility index (Phi) is 2.69. The minimum absolute atomic E-state index is 0.0569. The normalized spacial score (nSPS) is 26.9. The summed E-state index contributed by atoms with van der Waals surface area (Å²) in [6.07, 6.45) is 1.14. The van der Waals surface area contributed by atoms with Crippen LogP contribution >= 0.6 is 0 Å². The zero-order chi connectivity index (χ0) is 10.2. The standard InChI is InChI=1S/C11H21NO/c1-8(2)10(13)12-7-6-9(3)11(12,4)5/h8-9H,6-7H2,1-5H3. The van der Waals surface area contributed by atoms with Crippen molar-refractivity contribution in [1.82, 2.24) is 4.90 Å². The predicted molar refractivity (Wildman–Crippen MR) is 54.4 cm³/mol. The van der Waals surface area contributed by atoms with E-state index in [0.29, 0.717) is 11.8 Å². The van der Waals surface area contributed by atoms with Gasteiger partial charge in [0.15, 0.2) is 0 Å². The molecule has 1 heterocycles. The lowest BCUT2D eigenvalue weighted by Crippen LogP contribution is -2.47. The molecule has 2 heteroatoms. The minimum Gasteiger partial charge on any atom is -0.337 e. The average Bonchev–Trinajstić information content (AvgIpc) is 2.26. The Bertz CT molecular complexity index is 208. The van der Waals surface area contributed by atoms with Crippen molar-refractivity contribution in [1.29, 1.82) is 0 Å². The van der Waals surface area contributed by atoms with Gasteiger partial charge in [-0.2, -0.15) is 0 Å². The fourth-order valence-electron chi connectivity index (χ4n) is 1.94. The van der Waals surface area contributed by atoms with Gasteiger partial charge in [0.2, 0.25) is 5.91 Å². The highest BCUT2D eigenvalue weighted by Crippen LogP contribution is 2.34. The number of carbonyl (C=O) groups is 1. The summed E-state index contributed by atoms with van der Waals surface area (Å²) in [6.45, 7) is 11.5. The second-order valence-electron chi connectivity index (χ2n) is 4.99. The van der Waals surface area contributed by atoms with Crippen LogP contribution in [-0.2, 0) is 4.79 Å². The molecule has 0 spiro atoms. The molecule has 1 amide bonds. The highest BCUT2D eigenvalue weighted by molar-refractivity contribution is 5.79. The number of likely N-dealkylation sites (tertiary alicyclic amines) is 1. The summed E-state index contributed by atoms with van der Waals surface area (Å²) in [5.41, 5.74) is 0.0569. The highest BCUT2D eigenvalue weighted by atomic mass is 16.2. The molecule has 1 aliphatic rings. The molecule has 0 bridgehead atoms. The smallest absolute Gasteiger partial charge is 0.225 e. The molecule has 0 aromatic carbocycles. The Balaban J connectivity index is 2.78. The van der Waals surface area contributed by atoms with Crippen LogP contribution in [0, 0.1) is 11.8 Å². The van der Waals surface area contributed by atoms with Crippen molar-refractivity contribution < 1.29 is 4.79 Å². The van der Waals surface area contributed by atoms with Crippen LogP contribution in [0.4, 0.5) is 0 Å². The Morgan fingerprint density at radius 2 is 2.00 bits per heavy atom. The fourth-order valence-corrected chi connectivity index (χ4v) is 1.94. The third-order valence-corrected chi connectivity index (χ3v) is 3.45. The molecule has 13 heavy (non-hydrogen) atoms. The van der Waals surface area contributed by atoms with Gasteiger partial charge in [-0.15, -0.1) is 0 Å². The zero-order valence-corrected chi connectivity index (χ0v) is 9.42. The van der Waals surface area contributed by atoms with E-state index in [1.165, 1.54) is 0 Å². The quantitative estimate of drug-likeness (QED) is 0.611. The third kappa shape index (κ3) is 1.72. The van der Waals surface area contributed by atoms with Gasteiger partial charge in [0, 0.05) is 18.0 Å². The maximum atomic E-state index is 11.8. The highest BCUT2D eigenvalue weighted by Gasteiger charge is 2.41. The van der Waals surface area contributed by atoms with E-state index in [1.54, 1.807) is 0 Å². The first-order valence-electron chi connectivity index (χ1n) is 5.19. The van der Waals surface area contributed by atoms with E-state index in [1.807, 2.05) is 18.7 Å². The molecule has 0 aliphatic carbocycles. The van der Waals surface area contributed by atoms with E-state index in [4.69, 9.17) is 0 Å². The van der Waals surface area contributed by atoms with Crippen molar-refractivity contribution in [2.24, 2.45) is 11.8 Å². The van der Waals surface area contributed by atoms with Gasteiger partial charge in [-0.3, -0.25) is 4.79 Å². The molecular weight excluding hydrogens is 162 g/mol. The number of carbonyl (C=O) groups excluding carboxylic acids is 1. The Morgan fingerprint density at radius 3 is 2.31 bits per heavy atom. The average molecular weight is 183 g/mol. The maximum absolute atomic E-state index is 11.8. The monoisotopic (exact) mass is 183 g/mol. The Morgan fingerprint density at radius 1 is 1.46 bits per heavy atom. The molecule has 0 radical (unpaired) electrons. The third-order valence-electron chi connectivity index (χ3n) is 3.45. The van der Waals surface area contributed by atoms with Crippen molar-refractivity contribution in [2.45, 2.75) is 46.6 Å². The summed E-state index contributed by atoms with van der Waals surface area (Å²) >= 11 is 0. The second kappa shape index (κ2) is 3.32. The number of nitrogens with zero attached hydrogens (tertiary/aromatic N) is 1. The van der Waals surface area contributed by atoms with Crippen molar-refractivity contribution in [3.8, 4) is 0 Å². The molecule has 0 aromatic heterocycles. The molecule has 2 nitrogen and oxygen atoms in total. The van der Waals surface area contributed by atoms with E-state index in [9.17, 15) is 4.79 Å². The van der Waals surface area contributed by atoms with Crippen molar-refractivity contribution in [2.75, 3.05) is 6.54 Å². The predicted octanol–water partition coefficient (Wildman–Crippen LogP) is 2.29. The van der Waals surface area contributed by atoms with E-state index in [-0.39, 0.29) is 11.5 Å². The van der Waals surface area contributed by atoms with Crippen LogP contribution in [0.5, 0.6) is 0 Å². The van der Waals surface area contributed by atoms with Crippen LogP contribution in [0.25, 0.3) is 0 Å². The van der Waals surface area contributed by atoms with Gasteiger partial charge in [0.05, 0.1) is 0 Å². The Labute approximate surface area is 81.3 Å². The van der Waals surface area contributed by atoms with Gasteiger partial charge in [0.25, 0.3) is 0 Å². The summed E-state index contributed by atoms with van der Waals surface area (Å²) in [5, 5.41) is 0. The van der Waals surface area contributed by atoms with E-state index in [2.05, 4.69) is 20.8 Å². The molecular formula is C11H21NO. The van der Waals surface area contributed by atoms with Crippen LogP contribution in [0.1, 0.15) is 41.0 Å². The number of rotatable bonds is 1. The van der Waals surface area contributed by atoms with Gasteiger partial charge in [-0.25, -0.2) is 0 Å². The second-order valence-corrected chi connectivity index (χ2v) is 4.99. The largest absolute Gasteiger partial charge is 0.337 e. The van der Waals surface area contributed by atoms with Crippen molar-refractivity contribution in [3.63, 3.8) is 0 Å². The van der Waals surface area contributed by atoms with Crippen LogP contribution in [0.15, 0.2) is 0 Å². The molecule has 76 valence electrons. The molecule has 0 N–H and O–H groups in total. The summed E-state index contributed by atoms with van der Waals surface area (Å²) in [6, 6.07) is 0. The summed E-state index contributed by atoms with van der Waals surface area (Å²) in [4.78, 5) is 13.9. The first kappa shape index (κ1) is 10.6. The summed E-state index contributed by atoms with van der Waals surface area (Å²) in [7, 11) is 0. The summed E-state index contributed by atoms with van der Waals surface area (Å²) in [5.74, 6) is 1.05. The van der Waals surface area contributed by atoms with E-state index < -0.39 is 0 Å². The lowest BCUT2D eigenvalue weighted by molar-refractivity contribution is -0.138. The van der Waals surface area contributed by atoms with Crippen molar-refractivity contribution in [3.05, 3.63) is 0 Å². The molecule has 1 rings (SSSR count). The van der Waals surface area contributed by atoms with E-state index in [0.717, 1.165) is 13.0 Å². The lowest BCUT2D eigenvalue weighted by Gasteiger charge is -2.35. The van der Waals surface area contributed by atoms with Gasteiger partial charge in [0.1, 0.15) is 0 Å². The number of hydrogen-bond donors (Lipinski definition) is 0. The van der Waals surface area contributed by atoms with Crippen LogP contribution < -0.4 is 0 Å². The summed E-state index contributed by atoms with van der Waals surface area (Å²) < 4.78 is 0. The van der Waals surface area contributed by atoms with Gasteiger partial charge >= 0.3 is 0 Å². The topological polar surface area (TPSA) is 20.3 Å². The molecule has 0 saturated carbocycles. The molecule has 1 atom stereocenters. The molecule has 1 aliphatic heterocycles. The van der Waals surface area contributed by atoms with E-state index >= 15 is 0 Å². The Hall–Kier alpha value is -0.530. The molecule has 1 unspecified atom stereocenters. The minimum atomic E-state index is 0.0569. The molecule has 1 fully saturated rings. The van der Waals surface area contributed by atoms with Crippen molar-refractivity contribution >= 4 is 5.91 Å². The first-order valence-corrected chi connectivity index (χ1v) is 5.19. The number of hydrogen-bond acceptors (Lipinski definition) is 1. The molecule has 1 saturated heterocycles. The zero-order valence-electron chi connectivity index (χ0n) is 9.42. The molecule has 0 aromatic rings. The van der Waals surface area contributed by atoms with Gasteiger partial charge in [-0.05, 0) is 26.2 Å². The first-order chi connectivity index (χ1) is 5.87. The van der Waals surface area contributed by atoms with Gasteiger partial charge in [-0.1, -0.05) is 20.8 Å². The SMILES string of the molecule is CC(C)C(=O)N1CCC(C)C1(C)C. The fraction of sp³-hybridized carbons (Fsp3) is 0.909. The van der Waals surface area contributed by atoms with Crippen LogP contribution in [0.3, 0.4) is 0 Å². The van der Waals surface area contributed by atoms with Gasteiger partial charge < -0.3 is 4.90 Å².